The van der Waals surface area contributed by atoms with Gasteiger partial charge in [-0.15, -0.1) is 0 Å². The van der Waals surface area contributed by atoms with Gasteiger partial charge in [0.1, 0.15) is 17.2 Å². The van der Waals surface area contributed by atoms with Crippen LogP contribution < -0.4 is 14.2 Å². The van der Waals surface area contributed by atoms with Crippen molar-refractivity contribution in [1.82, 2.24) is 0 Å². The molecule has 328 valence electrons. The van der Waals surface area contributed by atoms with Gasteiger partial charge in [-0.05, 0) is 104 Å². The van der Waals surface area contributed by atoms with E-state index >= 15 is 0 Å². The first-order valence-corrected chi connectivity index (χ1v) is 21.8. The Labute approximate surface area is 363 Å². The zero-order valence-corrected chi connectivity index (χ0v) is 36.4. The van der Waals surface area contributed by atoms with Gasteiger partial charge in [-0.3, -0.25) is 0 Å². The van der Waals surface area contributed by atoms with E-state index in [2.05, 4.69) is 37.4 Å². The number of benzene rings is 4. The Hall–Kier alpha value is -5.06. The Morgan fingerprint density at radius 2 is 0.820 bits per heavy atom. The van der Waals surface area contributed by atoms with Gasteiger partial charge in [0.25, 0.3) is 0 Å². The van der Waals surface area contributed by atoms with E-state index in [0.717, 1.165) is 98.0 Å². The second-order valence-electron chi connectivity index (χ2n) is 15.6. The number of carbonyl (C=O) groups excluding carboxylic acids is 2. The summed E-state index contributed by atoms with van der Waals surface area (Å²) in [5.41, 5.74) is 6.11. The lowest BCUT2D eigenvalue weighted by atomic mass is 10.0. The third-order valence-electron chi connectivity index (χ3n) is 10.1. The third kappa shape index (κ3) is 19.5. The molecule has 0 aliphatic rings. The number of unbranched alkanes of at least 4 members (excludes halogenated alkanes) is 9. The Balaban J connectivity index is 0.902. The lowest BCUT2D eigenvalue weighted by Crippen LogP contribution is -2.20. The van der Waals surface area contributed by atoms with E-state index in [1.54, 1.807) is 38.1 Å². The first kappa shape index (κ1) is 48.6. The van der Waals surface area contributed by atoms with Gasteiger partial charge >= 0.3 is 11.9 Å². The van der Waals surface area contributed by atoms with E-state index in [4.69, 9.17) is 28.4 Å². The predicted molar refractivity (Wildman–Crippen MR) is 243 cm³/mol. The molecule has 0 amide bonds. The number of hydrogen-bond acceptors (Lipinski definition) is 9. The first-order chi connectivity index (χ1) is 29.7. The fourth-order valence-corrected chi connectivity index (χ4v) is 6.34. The molecule has 61 heavy (non-hydrogen) atoms. The van der Waals surface area contributed by atoms with E-state index in [0.29, 0.717) is 62.3 Å². The largest absolute Gasteiger partial charge is 0.494 e. The molecule has 4 rings (SSSR count). The van der Waals surface area contributed by atoms with Gasteiger partial charge in [0.15, 0.2) is 0 Å². The van der Waals surface area contributed by atoms with Crippen LogP contribution in [0.15, 0.2) is 121 Å². The summed E-state index contributed by atoms with van der Waals surface area (Å²) < 4.78 is 34.1. The zero-order valence-electron chi connectivity index (χ0n) is 36.4. The van der Waals surface area contributed by atoms with Gasteiger partial charge in [-0.2, -0.15) is 0 Å². The van der Waals surface area contributed by atoms with Crippen LogP contribution in [-0.2, 0) is 30.4 Å². The molecule has 1 N–H and O–H groups in total. The topological polar surface area (TPSA) is 110 Å². The molecule has 9 nitrogen and oxygen atoms in total. The van der Waals surface area contributed by atoms with Crippen LogP contribution >= 0.6 is 0 Å². The molecule has 4 aromatic carbocycles. The molecular weight excluding hydrogens is 769 g/mol. The fourth-order valence-electron chi connectivity index (χ4n) is 6.34. The highest BCUT2D eigenvalue weighted by atomic mass is 16.5. The first-order valence-electron chi connectivity index (χ1n) is 21.8. The lowest BCUT2D eigenvalue weighted by molar-refractivity contribution is -0.130. The molecule has 1 atom stereocenters. The Morgan fingerprint density at radius 3 is 1.21 bits per heavy atom. The smallest absolute Gasteiger partial charge is 0.338 e. The van der Waals surface area contributed by atoms with Crippen molar-refractivity contribution in [3.8, 4) is 39.5 Å². The minimum atomic E-state index is -0.427. The summed E-state index contributed by atoms with van der Waals surface area (Å²) in [5.74, 6) is 1.02. The van der Waals surface area contributed by atoms with Crippen molar-refractivity contribution in [1.29, 1.82) is 0 Å². The molecule has 0 fully saturated rings. The van der Waals surface area contributed by atoms with Gasteiger partial charge in [-0.1, -0.05) is 119 Å². The van der Waals surface area contributed by atoms with Crippen LogP contribution in [0.25, 0.3) is 22.3 Å². The van der Waals surface area contributed by atoms with Crippen LogP contribution in [0.5, 0.6) is 17.2 Å². The standard InChI is InChI=1S/C52H66O9/c1-40(2)51(54)60-49-28-22-46(23-29-49)44-18-16-42(17-19-44)37-56-32-13-9-7-10-14-34-58-39-43(36-53)38-57-33-12-8-5-6-11-15-35-59-48-26-20-45(21-27-48)47-24-30-50(31-25-47)61-52(55)41(3)4/h16-31,43,53H,1,3,5-15,32-39H2,2,4H3. The number of hydrogen-bond donors (Lipinski definition) is 1. The molecule has 0 aliphatic carbocycles. The third-order valence-corrected chi connectivity index (χ3v) is 10.1. The summed E-state index contributed by atoms with van der Waals surface area (Å²) in [6, 6.07) is 31.3. The van der Waals surface area contributed by atoms with Gasteiger partial charge in [-0.25, -0.2) is 9.59 Å². The molecule has 0 aromatic heterocycles. The minimum absolute atomic E-state index is 0.0164. The van der Waals surface area contributed by atoms with Gasteiger partial charge in [0.2, 0.25) is 0 Å². The fraction of sp³-hybridized carbons (Fsp3) is 0.423. The monoisotopic (exact) mass is 834 g/mol. The van der Waals surface area contributed by atoms with Crippen LogP contribution in [0.3, 0.4) is 0 Å². The Kier molecular flexibility index (Phi) is 22.7. The van der Waals surface area contributed by atoms with Crippen molar-refractivity contribution in [3.05, 3.63) is 127 Å². The van der Waals surface area contributed by atoms with Gasteiger partial charge in [0.05, 0.1) is 33.0 Å². The maximum Gasteiger partial charge on any atom is 0.338 e. The Bertz CT molecular complexity index is 1730. The molecule has 0 radical (unpaired) electrons. The number of rotatable bonds is 31. The lowest BCUT2D eigenvalue weighted by Gasteiger charge is -2.15. The van der Waals surface area contributed by atoms with E-state index in [9.17, 15) is 14.7 Å². The summed E-state index contributed by atoms with van der Waals surface area (Å²) in [5, 5.41) is 9.75. The summed E-state index contributed by atoms with van der Waals surface area (Å²) in [7, 11) is 0. The molecule has 0 spiro atoms. The second-order valence-corrected chi connectivity index (χ2v) is 15.6. The molecule has 4 aromatic rings. The predicted octanol–water partition coefficient (Wildman–Crippen LogP) is 11.5. The van der Waals surface area contributed by atoms with E-state index in [1.807, 2.05) is 48.5 Å². The summed E-state index contributed by atoms with van der Waals surface area (Å²) in [6.45, 7) is 15.1. The quantitative estimate of drug-likeness (QED) is 0.0229. The molecule has 0 heterocycles. The van der Waals surface area contributed by atoms with Crippen molar-refractivity contribution >= 4 is 11.9 Å². The molecule has 9 heteroatoms. The highest BCUT2D eigenvalue weighted by Gasteiger charge is 2.10. The summed E-state index contributed by atoms with van der Waals surface area (Å²) >= 11 is 0. The zero-order chi connectivity index (χ0) is 43.5. The van der Waals surface area contributed by atoms with Crippen molar-refractivity contribution < 1.29 is 43.1 Å². The maximum atomic E-state index is 11.7. The highest BCUT2D eigenvalue weighted by Crippen LogP contribution is 2.26. The minimum Gasteiger partial charge on any atom is -0.494 e. The van der Waals surface area contributed by atoms with Gasteiger partial charge < -0.3 is 33.5 Å². The van der Waals surface area contributed by atoms with Crippen molar-refractivity contribution in [2.45, 2.75) is 91.1 Å². The molecule has 0 aliphatic heterocycles. The second kappa shape index (κ2) is 28.5. The van der Waals surface area contributed by atoms with E-state index in [-0.39, 0.29) is 12.5 Å². The van der Waals surface area contributed by atoms with Crippen LogP contribution in [0.1, 0.15) is 90.0 Å². The maximum absolute atomic E-state index is 11.7. The van der Waals surface area contributed by atoms with Crippen molar-refractivity contribution in [2.24, 2.45) is 5.92 Å². The molecule has 1 unspecified atom stereocenters. The van der Waals surface area contributed by atoms with Gasteiger partial charge in [0, 0.05) is 36.9 Å². The summed E-state index contributed by atoms with van der Waals surface area (Å²) in [6.07, 6.45) is 12.1. The normalized spacial score (nSPS) is 11.5. The van der Waals surface area contributed by atoms with Crippen LogP contribution in [0, 0.1) is 5.92 Å². The Morgan fingerprint density at radius 1 is 0.475 bits per heavy atom. The van der Waals surface area contributed by atoms with E-state index in [1.165, 1.54) is 12.8 Å². The molecule has 0 bridgehead atoms. The van der Waals surface area contributed by atoms with Crippen molar-refractivity contribution in [3.63, 3.8) is 0 Å². The van der Waals surface area contributed by atoms with Crippen LogP contribution in [0.4, 0.5) is 0 Å². The number of aliphatic hydroxyl groups excluding tert-OH is 1. The molecular formula is C52H66O9. The van der Waals surface area contributed by atoms with E-state index < -0.39 is 11.9 Å². The van der Waals surface area contributed by atoms with Crippen LogP contribution in [0.2, 0.25) is 0 Å². The highest BCUT2D eigenvalue weighted by molar-refractivity contribution is 5.89. The molecule has 0 saturated carbocycles. The average molecular weight is 835 g/mol. The SMILES string of the molecule is C=C(C)C(=O)Oc1ccc(-c2ccc(COCCCCCCCOCC(CO)COCCCCCCCCOc3ccc(-c4ccc(OC(=O)C(=C)C)cc4)cc3)cc2)cc1. The number of aliphatic hydroxyl groups is 1. The summed E-state index contributed by atoms with van der Waals surface area (Å²) in [4.78, 5) is 23.4. The molecule has 0 saturated heterocycles. The number of esters is 2. The number of ether oxygens (including phenoxy) is 6. The van der Waals surface area contributed by atoms with Crippen molar-refractivity contribution in [2.75, 3.05) is 46.2 Å². The van der Waals surface area contributed by atoms with Crippen LogP contribution in [-0.4, -0.2) is 63.3 Å². The number of carbonyl (C=O) groups is 2. The average Bonchev–Trinajstić information content (AvgIpc) is 3.27.